The summed E-state index contributed by atoms with van der Waals surface area (Å²) in [6, 6.07) is 0.685. The van der Waals surface area contributed by atoms with Gasteiger partial charge in [0.25, 0.3) is 0 Å². The molecular weight excluding hydrogens is 228 g/mol. The molecule has 0 unspecified atom stereocenters. The molecule has 18 heavy (non-hydrogen) atoms. The summed E-state index contributed by atoms with van der Waals surface area (Å²) in [6.07, 6.45) is 6.77. The molecule has 3 atom stereocenters. The minimum absolute atomic E-state index is 0.0732. The third-order valence-corrected chi connectivity index (χ3v) is 5.25. The van der Waals surface area contributed by atoms with E-state index in [0.29, 0.717) is 18.9 Å². The predicted octanol–water partition coefficient (Wildman–Crippen LogP) is 1.30. The summed E-state index contributed by atoms with van der Waals surface area (Å²) in [7, 11) is 2.32. The molecule has 0 saturated carbocycles. The first-order valence-electron chi connectivity index (χ1n) is 7.31. The number of likely N-dealkylation sites (tertiary alicyclic amines) is 1. The summed E-state index contributed by atoms with van der Waals surface area (Å²) in [5, 5.41) is 0. The first-order chi connectivity index (χ1) is 8.62. The van der Waals surface area contributed by atoms with E-state index < -0.39 is 0 Å². The maximum atomic E-state index is 12.0. The molecule has 0 aromatic rings. The molecule has 0 radical (unpaired) electrons. The van der Waals surface area contributed by atoms with Crippen LogP contribution in [0.4, 0.5) is 0 Å². The Balaban J connectivity index is 1.86. The van der Waals surface area contributed by atoms with Crippen molar-refractivity contribution in [1.82, 2.24) is 4.90 Å². The minimum Gasteiger partial charge on any atom is -0.322 e. The zero-order chi connectivity index (χ0) is 12.8. The quantitative estimate of drug-likeness (QED) is 0.520. The number of carbonyl (C=O) groups is 2. The number of fused-ring (bicyclic) bond motifs is 1. The molecule has 0 aromatic heterocycles. The van der Waals surface area contributed by atoms with Crippen molar-refractivity contribution in [2.24, 2.45) is 0 Å². The van der Waals surface area contributed by atoms with Crippen LogP contribution in [0.3, 0.4) is 0 Å². The molecule has 3 saturated heterocycles. The second-order valence-corrected chi connectivity index (χ2v) is 6.36. The first-order valence-corrected chi connectivity index (χ1v) is 7.31. The molecule has 0 aromatic carbocycles. The van der Waals surface area contributed by atoms with Crippen LogP contribution in [-0.4, -0.2) is 53.4 Å². The largest absolute Gasteiger partial charge is 0.322 e. The number of carbonyl (C=O) groups excluding carboxylic acids is 2. The maximum absolute atomic E-state index is 12.0. The monoisotopic (exact) mass is 251 g/mol. The van der Waals surface area contributed by atoms with Crippen molar-refractivity contribution in [1.29, 1.82) is 0 Å². The van der Waals surface area contributed by atoms with Crippen LogP contribution in [0.5, 0.6) is 0 Å². The van der Waals surface area contributed by atoms with Gasteiger partial charge in [-0.2, -0.15) is 0 Å². The van der Waals surface area contributed by atoms with Crippen LogP contribution in [-0.2, 0) is 9.59 Å². The molecule has 100 valence electrons. The van der Waals surface area contributed by atoms with Gasteiger partial charge in [-0.3, -0.25) is 14.5 Å². The van der Waals surface area contributed by atoms with Gasteiger partial charge in [0.1, 0.15) is 6.04 Å². The van der Waals surface area contributed by atoms with Crippen molar-refractivity contribution in [2.45, 2.75) is 57.0 Å². The van der Waals surface area contributed by atoms with Gasteiger partial charge in [-0.05, 0) is 25.7 Å². The fraction of sp³-hybridized carbons (Fsp3) is 0.857. The van der Waals surface area contributed by atoms with Crippen LogP contribution in [0.1, 0.15) is 44.9 Å². The fourth-order valence-electron chi connectivity index (χ4n) is 4.31. The smallest absolute Gasteiger partial charge is 0.230 e. The molecular formula is C14H23N2O2+. The second-order valence-electron chi connectivity index (χ2n) is 6.36. The zero-order valence-corrected chi connectivity index (χ0v) is 11.2. The Bertz CT molecular complexity index is 362. The lowest BCUT2D eigenvalue weighted by atomic mass is 9.85. The standard InChI is InChI=1S/C14H23N2O2/c1-16-9-3-2-6-12(16)11(5-4-10-16)15-13(17)7-8-14(15)18/h11-12H,2-10H2,1H3/q+1/t11-,12+,16+/m0/s1. The number of amides is 2. The van der Waals surface area contributed by atoms with Gasteiger partial charge in [0.15, 0.2) is 0 Å². The first kappa shape index (κ1) is 12.2. The van der Waals surface area contributed by atoms with Crippen molar-refractivity contribution >= 4 is 11.8 Å². The van der Waals surface area contributed by atoms with Crippen molar-refractivity contribution in [3.05, 3.63) is 0 Å². The molecule has 4 nitrogen and oxygen atoms in total. The highest BCUT2D eigenvalue weighted by atomic mass is 16.2. The normalized spacial score (nSPS) is 41.1. The van der Waals surface area contributed by atoms with Crippen LogP contribution in [0, 0.1) is 0 Å². The molecule has 0 aliphatic carbocycles. The molecule has 0 bridgehead atoms. The summed E-state index contributed by atoms with van der Waals surface area (Å²) in [5.41, 5.74) is 0. The van der Waals surface area contributed by atoms with Gasteiger partial charge in [0, 0.05) is 19.3 Å². The van der Waals surface area contributed by atoms with Gasteiger partial charge in [-0.15, -0.1) is 0 Å². The van der Waals surface area contributed by atoms with E-state index in [0.717, 1.165) is 17.3 Å². The van der Waals surface area contributed by atoms with Crippen molar-refractivity contribution in [3.63, 3.8) is 0 Å². The summed E-state index contributed by atoms with van der Waals surface area (Å²) >= 11 is 0. The van der Waals surface area contributed by atoms with Crippen LogP contribution < -0.4 is 0 Å². The minimum atomic E-state index is 0.0732. The molecule has 3 fully saturated rings. The van der Waals surface area contributed by atoms with E-state index in [9.17, 15) is 9.59 Å². The number of quaternary nitrogens is 1. The van der Waals surface area contributed by atoms with E-state index in [1.807, 2.05) is 0 Å². The highest BCUT2D eigenvalue weighted by Crippen LogP contribution is 2.36. The van der Waals surface area contributed by atoms with E-state index in [-0.39, 0.29) is 17.9 Å². The molecule has 4 heteroatoms. The topological polar surface area (TPSA) is 37.4 Å². The second kappa shape index (κ2) is 4.34. The third-order valence-electron chi connectivity index (χ3n) is 5.25. The van der Waals surface area contributed by atoms with Gasteiger partial charge in [-0.25, -0.2) is 0 Å². The predicted molar refractivity (Wildman–Crippen MR) is 67.7 cm³/mol. The zero-order valence-electron chi connectivity index (χ0n) is 11.2. The Morgan fingerprint density at radius 3 is 2.39 bits per heavy atom. The van der Waals surface area contributed by atoms with E-state index in [1.54, 1.807) is 4.90 Å². The van der Waals surface area contributed by atoms with Gasteiger partial charge in [-0.1, -0.05) is 0 Å². The number of piperidine rings is 2. The summed E-state index contributed by atoms with van der Waals surface area (Å²) in [4.78, 5) is 25.6. The average Bonchev–Trinajstić information content (AvgIpc) is 2.67. The van der Waals surface area contributed by atoms with Gasteiger partial charge in [0.2, 0.25) is 11.8 Å². The Morgan fingerprint density at radius 1 is 1.00 bits per heavy atom. The average molecular weight is 251 g/mol. The molecule has 3 aliphatic rings. The van der Waals surface area contributed by atoms with Gasteiger partial charge < -0.3 is 4.48 Å². The van der Waals surface area contributed by atoms with E-state index in [1.165, 1.54) is 32.4 Å². The number of imide groups is 1. The molecule has 0 spiro atoms. The summed E-state index contributed by atoms with van der Waals surface area (Å²) in [6.45, 7) is 2.44. The lowest BCUT2D eigenvalue weighted by Crippen LogP contribution is -2.66. The van der Waals surface area contributed by atoms with E-state index in [4.69, 9.17) is 0 Å². The van der Waals surface area contributed by atoms with Crippen LogP contribution in [0.15, 0.2) is 0 Å². The highest BCUT2D eigenvalue weighted by molar-refractivity contribution is 6.02. The number of hydrogen-bond acceptors (Lipinski definition) is 2. The fourth-order valence-corrected chi connectivity index (χ4v) is 4.31. The Kier molecular flexibility index (Phi) is 2.93. The lowest BCUT2D eigenvalue weighted by molar-refractivity contribution is -0.944. The Labute approximate surface area is 109 Å². The number of hydrogen-bond donors (Lipinski definition) is 0. The molecule has 2 amide bonds. The summed E-state index contributed by atoms with van der Waals surface area (Å²) < 4.78 is 1.09. The van der Waals surface area contributed by atoms with E-state index >= 15 is 0 Å². The van der Waals surface area contributed by atoms with Crippen LogP contribution >= 0.6 is 0 Å². The number of likely N-dealkylation sites (N-methyl/N-ethyl adjacent to an activating group) is 1. The summed E-state index contributed by atoms with van der Waals surface area (Å²) in [5.74, 6) is 0.146. The Hall–Kier alpha value is -0.900. The van der Waals surface area contributed by atoms with Crippen molar-refractivity contribution < 1.29 is 14.1 Å². The molecule has 3 rings (SSSR count). The molecule has 0 N–H and O–H groups in total. The molecule has 3 aliphatic heterocycles. The molecule has 3 heterocycles. The highest BCUT2D eigenvalue weighted by Gasteiger charge is 2.49. The number of nitrogens with zero attached hydrogens (tertiary/aromatic N) is 2. The maximum Gasteiger partial charge on any atom is 0.230 e. The van der Waals surface area contributed by atoms with Gasteiger partial charge >= 0.3 is 0 Å². The lowest BCUT2D eigenvalue weighted by Gasteiger charge is -2.52. The van der Waals surface area contributed by atoms with Crippen LogP contribution in [0.25, 0.3) is 0 Å². The van der Waals surface area contributed by atoms with Crippen LogP contribution in [0.2, 0.25) is 0 Å². The number of rotatable bonds is 1. The Morgan fingerprint density at radius 2 is 1.67 bits per heavy atom. The third kappa shape index (κ3) is 1.78. The SMILES string of the molecule is C[N@+]12CCCC[C@@H]1[C@@H](N1C(=O)CCC1=O)CCC2. The van der Waals surface area contributed by atoms with E-state index in [2.05, 4.69) is 7.05 Å². The van der Waals surface area contributed by atoms with Crippen molar-refractivity contribution in [2.75, 3.05) is 20.1 Å². The van der Waals surface area contributed by atoms with Gasteiger partial charge in [0.05, 0.1) is 26.2 Å². The van der Waals surface area contributed by atoms with Crippen molar-refractivity contribution in [3.8, 4) is 0 Å².